The van der Waals surface area contributed by atoms with Crippen molar-refractivity contribution < 1.29 is 18.7 Å². The van der Waals surface area contributed by atoms with Crippen molar-refractivity contribution in [2.24, 2.45) is 0 Å². The lowest BCUT2D eigenvalue weighted by molar-refractivity contribution is -0.128. The van der Waals surface area contributed by atoms with Crippen molar-refractivity contribution in [1.29, 1.82) is 0 Å². The van der Waals surface area contributed by atoms with E-state index in [0.717, 1.165) is 6.54 Å². The van der Waals surface area contributed by atoms with E-state index in [1.165, 1.54) is 12.1 Å². The van der Waals surface area contributed by atoms with Crippen molar-refractivity contribution in [3.63, 3.8) is 0 Å². The topological polar surface area (TPSA) is 59.6 Å². The summed E-state index contributed by atoms with van der Waals surface area (Å²) in [4.78, 5) is 12.0. The molecule has 128 valence electrons. The minimum Gasteiger partial charge on any atom is -0.457 e. The van der Waals surface area contributed by atoms with E-state index in [1.807, 2.05) is 0 Å². The van der Waals surface area contributed by atoms with Crippen molar-refractivity contribution in [1.82, 2.24) is 5.32 Å². The van der Waals surface area contributed by atoms with Gasteiger partial charge in [0.1, 0.15) is 23.4 Å². The molecule has 0 aromatic heterocycles. The van der Waals surface area contributed by atoms with Crippen LogP contribution in [0.1, 0.15) is 0 Å². The molecule has 1 saturated heterocycles. The minimum atomic E-state index is -0.480. The molecule has 0 bridgehead atoms. The number of hydrogen-bond acceptors (Lipinski definition) is 4. The fourth-order valence-corrected chi connectivity index (χ4v) is 2.23. The highest BCUT2D eigenvalue weighted by atomic mass is 35.5. The molecule has 2 N–H and O–H groups in total. The van der Waals surface area contributed by atoms with E-state index < -0.39 is 6.10 Å². The molecular weight excluding hydrogens is 335 g/mol. The van der Waals surface area contributed by atoms with Gasteiger partial charge in [0.15, 0.2) is 0 Å². The van der Waals surface area contributed by atoms with Crippen LogP contribution in [-0.2, 0) is 9.53 Å². The smallest absolute Gasteiger partial charge is 0.254 e. The fourth-order valence-electron chi connectivity index (χ4n) is 2.23. The number of morpholine rings is 1. The van der Waals surface area contributed by atoms with Gasteiger partial charge in [-0.15, -0.1) is 12.4 Å². The average Bonchev–Trinajstić information content (AvgIpc) is 2.57. The summed E-state index contributed by atoms with van der Waals surface area (Å²) >= 11 is 0. The summed E-state index contributed by atoms with van der Waals surface area (Å²) in [6.45, 7) is 1.79. The van der Waals surface area contributed by atoms with Gasteiger partial charge < -0.3 is 20.1 Å². The second-order valence-electron chi connectivity index (χ2n) is 5.14. The maximum absolute atomic E-state index is 13.1. The number of rotatable bonds is 4. The Labute approximate surface area is 145 Å². The van der Waals surface area contributed by atoms with E-state index >= 15 is 0 Å². The van der Waals surface area contributed by atoms with E-state index in [2.05, 4.69) is 10.6 Å². The molecular formula is C17H18ClFN2O3. The largest absolute Gasteiger partial charge is 0.457 e. The monoisotopic (exact) mass is 352 g/mol. The first-order valence-electron chi connectivity index (χ1n) is 7.37. The second kappa shape index (κ2) is 8.63. The zero-order chi connectivity index (χ0) is 16.1. The lowest BCUT2D eigenvalue weighted by Gasteiger charge is -2.22. The summed E-state index contributed by atoms with van der Waals surface area (Å²) in [5, 5.41) is 5.90. The fraction of sp³-hybridized carbons (Fsp3) is 0.235. The Kier molecular flexibility index (Phi) is 6.54. The minimum absolute atomic E-state index is 0. The number of benzene rings is 2. The predicted octanol–water partition coefficient (Wildman–Crippen LogP) is 2.97. The molecule has 1 heterocycles. The third kappa shape index (κ3) is 4.92. The van der Waals surface area contributed by atoms with Crippen LogP contribution in [0.2, 0.25) is 0 Å². The Morgan fingerprint density at radius 1 is 1.21 bits per heavy atom. The molecule has 0 spiro atoms. The van der Waals surface area contributed by atoms with Crippen molar-refractivity contribution in [2.75, 3.05) is 25.0 Å². The molecule has 1 aliphatic rings. The molecule has 5 nitrogen and oxygen atoms in total. The van der Waals surface area contributed by atoms with E-state index in [9.17, 15) is 9.18 Å². The molecule has 0 aliphatic carbocycles. The number of amides is 1. The van der Waals surface area contributed by atoms with Crippen LogP contribution in [0, 0.1) is 5.82 Å². The molecule has 1 aliphatic heterocycles. The van der Waals surface area contributed by atoms with Crippen LogP contribution < -0.4 is 15.4 Å². The van der Waals surface area contributed by atoms with Crippen LogP contribution in [-0.4, -0.2) is 31.7 Å². The first-order valence-corrected chi connectivity index (χ1v) is 7.37. The number of carbonyl (C=O) groups is 1. The molecule has 0 radical (unpaired) electrons. The van der Waals surface area contributed by atoms with Gasteiger partial charge in [0, 0.05) is 24.8 Å². The highest BCUT2D eigenvalue weighted by Crippen LogP contribution is 2.23. The van der Waals surface area contributed by atoms with Crippen molar-refractivity contribution in [3.05, 3.63) is 54.3 Å². The first-order chi connectivity index (χ1) is 11.2. The van der Waals surface area contributed by atoms with Gasteiger partial charge in [0.2, 0.25) is 0 Å². The lowest BCUT2D eigenvalue weighted by atomic mass is 10.2. The van der Waals surface area contributed by atoms with Crippen LogP contribution in [0.3, 0.4) is 0 Å². The van der Waals surface area contributed by atoms with Gasteiger partial charge in [0.25, 0.3) is 5.91 Å². The maximum atomic E-state index is 13.1. The molecule has 2 aromatic rings. The molecule has 2 aromatic carbocycles. The van der Waals surface area contributed by atoms with E-state index in [-0.39, 0.29) is 24.1 Å². The Bertz CT molecular complexity index is 676. The van der Waals surface area contributed by atoms with Gasteiger partial charge in [-0.05, 0) is 36.4 Å². The van der Waals surface area contributed by atoms with Crippen LogP contribution in [0.15, 0.2) is 48.5 Å². The number of ether oxygens (including phenoxy) is 2. The molecule has 1 unspecified atom stereocenters. The molecule has 3 rings (SSSR count). The Morgan fingerprint density at radius 3 is 2.67 bits per heavy atom. The normalized spacial score (nSPS) is 16.8. The second-order valence-corrected chi connectivity index (χ2v) is 5.14. The van der Waals surface area contributed by atoms with Gasteiger partial charge in [-0.3, -0.25) is 4.79 Å². The average molecular weight is 353 g/mol. The van der Waals surface area contributed by atoms with Crippen LogP contribution in [0.5, 0.6) is 11.5 Å². The zero-order valence-electron chi connectivity index (χ0n) is 12.8. The predicted molar refractivity (Wildman–Crippen MR) is 91.4 cm³/mol. The van der Waals surface area contributed by atoms with Crippen molar-refractivity contribution in [2.45, 2.75) is 6.10 Å². The number of carbonyl (C=O) groups excluding carboxylic acids is 1. The van der Waals surface area contributed by atoms with Crippen molar-refractivity contribution in [3.8, 4) is 11.5 Å². The number of anilines is 1. The lowest BCUT2D eigenvalue weighted by Crippen LogP contribution is -2.45. The molecule has 7 heteroatoms. The van der Waals surface area contributed by atoms with E-state index in [4.69, 9.17) is 9.47 Å². The highest BCUT2D eigenvalue weighted by Gasteiger charge is 2.21. The van der Waals surface area contributed by atoms with E-state index in [0.29, 0.717) is 30.3 Å². The highest BCUT2D eigenvalue weighted by molar-refractivity contribution is 5.94. The quantitative estimate of drug-likeness (QED) is 0.888. The first kappa shape index (κ1) is 18.2. The molecule has 0 saturated carbocycles. The third-order valence-electron chi connectivity index (χ3n) is 3.37. The zero-order valence-corrected chi connectivity index (χ0v) is 13.6. The van der Waals surface area contributed by atoms with Crippen molar-refractivity contribution >= 4 is 24.0 Å². The third-order valence-corrected chi connectivity index (χ3v) is 3.37. The summed E-state index contributed by atoms with van der Waals surface area (Å²) in [6, 6.07) is 12.8. The summed E-state index contributed by atoms with van der Waals surface area (Å²) in [5.41, 5.74) is 0.649. The van der Waals surface area contributed by atoms with Gasteiger partial charge in [-0.1, -0.05) is 6.07 Å². The number of hydrogen-bond donors (Lipinski definition) is 2. The summed E-state index contributed by atoms with van der Waals surface area (Å²) in [5.74, 6) is 0.441. The Hall–Kier alpha value is -2.15. The number of nitrogens with one attached hydrogen (secondary N) is 2. The summed E-state index contributed by atoms with van der Waals surface area (Å²) in [6.07, 6.45) is -0.480. The molecule has 1 amide bonds. The van der Waals surface area contributed by atoms with Gasteiger partial charge >= 0.3 is 0 Å². The molecule has 24 heavy (non-hydrogen) atoms. The van der Waals surface area contributed by atoms with Gasteiger partial charge in [0.05, 0.1) is 6.61 Å². The SMILES string of the molecule is Cl.O=C(Nc1ccc(Oc2cccc(F)c2)cc1)C1CNCCO1. The van der Waals surface area contributed by atoms with Crippen LogP contribution >= 0.6 is 12.4 Å². The summed E-state index contributed by atoms with van der Waals surface area (Å²) < 4.78 is 24.0. The molecule has 1 atom stereocenters. The number of halogens is 2. The van der Waals surface area contributed by atoms with Crippen LogP contribution in [0.25, 0.3) is 0 Å². The standard InChI is InChI=1S/C17H17FN2O3.ClH/c18-12-2-1-3-15(10-12)23-14-6-4-13(5-7-14)20-17(21)16-11-19-8-9-22-16;/h1-7,10,16,19H,8-9,11H2,(H,20,21);1H. The summed E-state index contributed by atoms with van der Waals surface area (Å²) in [7, 11) is 0. The van der Waals surface area contributed by atoms with Crippen LogP contribution in [0.4, 0.5) is 10.1 Å². The van der Waals surface area contributed by atoms with Gasteiger partial charge in [-0.2, -0.15) is 0 Å². The van der Waals surface area contributed by atoms with E-state index in [1.54, 1.807) is 36.4 Å². The van der Waals surface area contributed by atoms with Gasteiger partial charge in [-0.25, -0.2) is 4.39 Å². The Morgan fingerprint density at radius 2 is 2.00 bits per heavy atom. The Balaban J connectivity index is 0.00000208. The maximum Gasteiger partial charge on any atom is 0.254 e. The molecule has 1 fully saturated rings.